The molecule has 0 bridgehead atoms. The van der Waals surface area contributed by atoms with Gasteiger partial charge >= 0.3 is 18.5 Å². The molecule has 0 N–H and O–H groups in total. The molecule has 0 radical (unpaired) electrons. The lowest BCUT2D eigenvalue weighted by atomic mass is 10.3. The maximum absolute atomic E-state index is 13.9. The first kappa shape index (κ1) is 27.0. The lowest BCUT2D eigenvalue weighted by molar-refractivity contribution is -0.281. The van der Waals surface area contributed by atoms with Crippen molar-refractivity contribution in [1.29, 1.82) is 0 Å². The van der Waals surface area contributed by atoms with Gasteiger partial charge in [-0.25, -0.2) is 39.5 Å². The number of hydrogen-bond donors (Lipinski definition) is 0. The molecule has 3 unspecified atom stereocenters. The van der Waals surface area contributed by atoms with Crippen molar-refractivity contribution in [1.82, 2.24) is 0 Å². The molecule has 0 saturated carbocycles. The van der Waals surface area contributed by atoms with Crippen LogP contribution in [0.3, 0.4) is 0 Å². The van der Waals surface area contributed by atoms with Gasteiger partial charge in [-0.2, -0.15) is 39.5 Å². The van der Waals surface area contributed by atoms with E-state index in [1.54, 1.807) is 0 Å². The van der Waals surface area contributed by atoms with Crippen LogP contribution in [0, 0.1) is 0 Å². The fourth-order valence-corrected chi connectivity index (χ4v) is 5.73. The standard InChI is InChI=1S/C9H4F18Si/c10-1(11)4(16,7(19,20)21)28(5(17,2(12)13)8(22,23)24)6(18,3(14)15)9(25,26)27/h1-3,28H. The highest BCUT2D eigenvalue weighted by Gasteiger charge is 2.90. The summed E-state index contributed by atoms with van der Waals surface area (Å²) in [5, 5.41) is -22.9. The lowest BCUT2D eigenvalue weighted by Gasteiger charge is -2.47. The van der Waals surface area contributed by atoms with E-state index < -0.39 is 62.5 Å². The summed E-state index contributed by atoms with van der Waals surface area (Å²) < 4.78 is 230. The Balaban J connectivity index is 7.67. The summed E-state index contributed by atoms with van der Waals surface area (Å²) in [6, 6.07) is 0. The summed E-state index contributed by atoms with van der Waals surface area (Å²) in [5.41, 5.74) is 0. The van der Waals surface area contributed by atoms with Gasteiger partial charge in [0.15, 0.2) is 0 Å². The van der Waals surface area contributed by atoms with Crippen molar-refractivity contribution in [2.45, 2.75) is 53.7 Å². The largest absolute Gasteiger partial charge is 0.424 e. The fraction of sp³-hybridized carbons (Fsp3) is 1.00. The van der Waals surface area contributed by atoms with E-state index in [2.05, 4.69) is 0 Å². The summed E-state index contributed by atoms with van der Waals surface area (Å²) in [7, 11) is -9.10. The summed E-state index contributed by atoms with van der Waals surface area (Å²) >= 11 is 0. The Hall–Kier alpha value is -1.04. The van der Waals surface area contributed by atoms with Gasteiger partial charge in [-0.1, -0.05) is 0 Å². The van der Waals surface area contributed by atoms with Crippen molar-refractivity contribution in [3.8, 4) is 0 Å². The average Bonchev–Trinajstić information content (AvgIpc) is 2.42. The second-order valence-electron chi connectivity index (χ2n) is 5.13. The van der Waals surface area contributed by atoms with Crippen LogP contribution in [0.25, 0.3) is 0 Å². The molecule has 0 nitrogen and oxygen atoms in total. The molecule has 170 valence electrons. The maximum atomic E-state index is 13.9. The molecule has 0 fully saturated rings. The van der Waals surface area contributed by atoms with Gasteiger partial charge in [0.2, 0.25) is 8.80 Å². The smallest absolute Gasteiger partial charge is 0.232 e. The summed E-state index contributed by atoms with van der Waals surface area (Å²) in [6.07, 6.45) is -42.2. The lowest BCUT2D eigenvalue weighted by Crippen LogP contribution is -2.83. The van der Waals surface area contributed by atoms with Gasteiger partial charge in [0.1, 0.15) is 0 Å². The molecule has 0 aliphatic heterocycles. The molecule has 19 heteroatoms. The molecule has 0 aromatic carbocycles. The molecule has 0 aliphatic carbocycles. The van der Waals surface area contributed by atoms with Gasteiger partial charge in [0.05, 0.1) is 0 Å². The van der Waals surface area contributed by atoms with Crippen LogP contribution >= 0.6 is 0 Å². The molecule has 0 rings (SSSR count). The van der Waals surface area contributed by atoms with Gasteiger partial charge in [-0.15, -0.1) is 0 Å². The third-order valence-electron chi connectivity index (χ3n) is 3.52. The topological polar surface area (TPSA) is 0 Å². The Morgan fingerprint density at radius 2 is 0.500 bits per heavy atom. The summed E-state index contributed by atoms with van der Waals surface area (Å²) in [4.78, 5) is 0. The highest BCUT2D eigenvalue weighted by molar-refractivity contribution is 6.69. The van der Waals surface area contributed by atoms with E-state index in [1.165, 1.54) is 0 Å². The predicted molar refractivity (Wildman–Crippen MR) is 54.8 cm³/mol. The van der Waals surface area contributed by atoms with Gasteiger partial charge in [-0.3, -0.25) is 0 Å². The Kier molecular flexibility index (Phi) is 7.06. The summed E-state index contributed by atoms with van der Waals surface area (Å²) in [5.74, 6) is 0. The van der Waals surface area contributed by atoms with E-state index in [1.807, 2.05) is 0 Å². The minimum absolute atomic E-state index is 6.27. The van der Waals surface area contributed by atoms with Crippen LogP contribution in [0.2, 0.25) is 0 Å². The Bertz CT molecular complexity index is 457. The number of rotatable bonds is 6. The minimum Gasteiger partial charge on any atom is -0.232 e. The van der Waals surface area contributed by atoms with Crippen LogP contribution < -0.4 is 0 Å². The van der Waals surface area contributed by atoms with Crippen LogP contribution in [-0.2, 0) is 0 Å². The van der Waals surface area contributed by atoms with Crippen molar-refractivity contribution in [2.75, 3.05) is 0 Å². The molecular formula is C9H4F18Si. The van der Waals surface area contributed by atoms with Crippen LogP contribution in [0.1, 0.15) is 0 Å². The zero-order valence-corrected chi connectivity index (χ0v) is 13.3. The Morgan fingerprint density at radius 1 is 0.357 bits per heavy atom. The van der Waals surface area contributed by atoms with Crippen molar-refractivity contribution >= 4 is 8.80 Å². The maximum Gasteiger partial charge on any atom is 0.424 e. The zero-order valence-electron chi connectivity index (χ0n) is 12.1. The van der Waals surface area contributed by atoms with E-state index >= 15 is 0 Å². The first-order chi connectivity index (χ1) is 11.9. The minimum atomic E-state index is -9.10. The normalized spacial score (nSPS) is 22.2. The molecule has 0 amide bonds. The fourth-order valence-electron chi connectivity index (χ4n) is 2.16. The van der Waals surface area contributed by atoms with Gasteiger partial charge < -0.3 is 0 Å². The van der Waals surface area contributed by atoms with Crippen LogP contribution in [0.5, 0.6) is 0 Å². The molecule has 0 aromatic heterocycles. The molecule has 0 saturated heterocycles. The highest BCUT2D eigenvalue weighted by atomic mass is 28.3. The number of halogens is 18. The Labute approximate surface area is 143 Å². The van der Waals surface area contributed by atoms with Crippen molar-refractivity contribution < 1.29 is 79.0 Å². The molecule has 0 heterocycles. The van der Waals surface area contributed by atoms with E-state index in [0.29, 0.717) is 0 Å². The van der Waals surface area contributed by atoms with E-state index in [0.717, 1.165) is 0 Å². The second-order valence-corrected chi connectivity index (χ2v) is 8.52. The molecular weight excluding hydrogens is 478 g/mol. The van der Waals surface area contributed by atoms with E-state index in [4.69, 9.17) is 0 Å². The van der Waals surface area contributed by atoms with Crippen LogP contribution in [0.15, 0.2) is 0 Å². The molecule has 0 spiro atoms. The highest BCUT2D eigenvalue weighted by Crippen LogP contribution is 2.58. The van der Waals surface area contributed by atoms with Crippen LogP contribution in [-0.4, -0.2) is 62.5 Å². The number of hydrogen-bond acceptors (Lipinski definition) is 0. The summed E-state index contributed by atoms with van der Waals surface area (Å²) in [6.45, 7) is 0. The molecule has 28 heavy (non-hydrogen) atoms. The van der Waals surface area contributed by atoms with Crippen molar-refractivity contribution in [2.24, 2.45) is 0 Å². The van der Waals surface area contributed by atoms with Crippen molar-refractivity contribution in [3.63, 3.8) is 0 Å². The van der Waals surface area contributed by atoms with Gasteiger partial charge in [0.25, 0.3) is 35.2 Å². The van der Waals surface area contributed by atoms with E-state index in [-0.39, 0.29) is 0 Å². The average molecular weight is 482 g/mol. The third-order valence-corrected chi connectivity index (χ3v) is 7.78. The van der Waals surface area contributed by atoms with Crippen molar-refractivity contribution in [3.05, 3.63) is 0 Å². The van der Waals surface area contributed by atoms with Gasteiger partial charge in [-0.05, 0) is 0 Å². The second kappa shape index (κ2) is 7.33. The van der Waals surface area contributed by atoms with E-state index in [9.17, 15) is 79.0 Å². The number of alkyl halides is 18. The molecule has 0 aliphatic rings. The first-order valence-corrected chi connectivity index (χ1v) is 7.79. The first-order valence-electron chi connectivity index (χ1n) is 6.06. The molecule has 0 aromatic rings. The monoisotopic (exact) mass is 482 g/mol. The molecule has 3 atom stereocenters. The quantitative estimate of drug-likeness (QED) is 0.350. The third kappa shape index (κ3) is 3.73. The Morgan fingerprint density at radius 3 is 0.571 bits per heavy atom. The predicted octanol–water partition coefficient (Wildman–Crippen LogP) is 5.44. The van der Waals surface area contributed by atoms with Crippen LogP contribution in [0.4, 0.5) is 79.0 Å². The van der Waals surface area contributed by atoms with Gasteiger partial charge in [0, 0.05) is 0 Å². The zero-order chi connectivity index (χ0) is 23.3. The SMILES string of the molecule is FC(F)C(F)([SiH](C(F)(C(F)F)C(F)(F)F)C(F)(C(F)F)C(F)(F)F)C(F)(F)F.